The molecule has 36 heavy (non-hydrogen) atoms. The quantitative estimate of drug-likeness (QED) is 0.283. The number of hydrogen-bond acceptors (Lipinski definition) is 6. The molecule has 0 saturated carbocycles. The minimum absolute atomic E-state index is 0.0748. The van der Waals surface area contributed by atoms with E-state index in [1.54, 1.807) is 6.20 Å². The number of ether oxygens (including phenoxy) is 3. The molecule has 0 radical (unpaired) electrons. The SMILES string of the molecule is C=C(OCC)c1cc2c(-c3cn(CC(F)F)nc3-c3ccccc3)ncnc2cc1O[C@H]1CCOC1. The van der Waals surface area contributed by atoms with Crippen LogP contribution in [-0.2, 0) is 16.0 Å². The standard InChI is InChI=1S/C27H26F2N4O3/c1-3-35-17(2)20-11-21-23(12-24(20)36-19-9-10-34-15-19)30-16-31-27(21)22-13-33(14-25(28)29)32-26(22)18-7-5-4-6-8-18/h4-8,11-13,16,19,25H,2-3,9-10,14-15H2,1H3/t19-/m0/s1. The number of hydrogen-bond donors (Lipinski definition) is 0. The van der Waals surface area contributed by atoms with Crippen molar-refractivity contribution in [2.24, 2.45) is 0 Å². The van der Waals surface area contributed by atoms with Crippen LogP contribution in [0.15, 0.2) is 61.6 Å². The van der Waals surface area contributed by atoms with Crippen LogP contribution >= 0.6 is 0 Å². The maximum Gasteiger partial charge on any atom is 0.257 e. The third kappa shape index (κ3) is 4.92. The van der Waals surface area contributed by atoms with Gasteiger partial charge in [-0.3, -0.25) is 4.68 Å². The Morgan fingerprint density at radius 2 is 2.03 bits per heavy atom. The van der Waals surface area contributed by atoms with Gasteiger partial charge in [-0.25, -0.2) is 18.7 Å². The molecular formula is C27H26F2N4O3. The second-order valence-electron chi connectivity index (χ2n) is 8.42. The van der Waals surface area contributed by atoms with Crippen LogP contribution in [0.5, 0.6) is 5.75 Å². The second-order valence-corrected chi connectivity index (χ2v) is 8.42. The maximum absolute atomic E-state index is 13.2. The Bertz CT molecular complexity index is 1370. The van der Waals surface area contributed by atoms with Crippen molar-refractivity contribution >= 4 is 16.7 Å². The minimum atomic E-state index is -2.54. The van der Waals surface area contributed by atoms with Crippen LogP contribution in [0.3, 0.4) is 0 Å². The van der Waals surface area contributed by atoms with Crippen LogP contribution in [0, 0.1) is 0 Å². The number of rotatable bonds is 9. The zero-order valence-electron chi connectivity index (χ0n) is 19.9. The summed E-state index contributed by atoms with van der Waals surface area (Å²) in [7, 11) is 0. The predicted octanol–water partition coefficient (Wildman–Crippen LogP) is 5.60. The summed E-state index contributed by atoms with van der Waals surface area (Å²) in [6.07, 6.45) is 1.24. The molecule has 0 unspecified atom stereocenters. The molecule has 1 saturated heterocycles. The second kappa shape index (κ2) is 10.4. The highest BCUT2D eigenvalue weighted by atomic mass is 19.3. The van der Waals surface area contributed by atoms with Crippen LogP contribution in [0.2, 0.25) is 0 Å². The van der Waals surface area contributed by atoms with Gasteiger partial charge in [0.15, 0.2) is 0 Å². The van der Waals surface area contributed by atoms with Gasteiger partial charge in [-0.1, -0.05) is 36.9 Å². The predicted molar refractivity (Wildman–Crippen MR) is 133 cm³/mol. The molecular weight excluding hydrogens is 466 g/mol. The summed E-state index contributed by atoms with van der Waals surface area (Å²) >= 11 is 0. The number of aromatic nitrogens is 4. The Balaban J connectivity index is 1.68. The van der Waals surface area contributed by atoms with E-state index in [1.807, 2.05) is 49.4 Å². The summed E-state index contributed by atoms with van der Waals surface area (Å²) in [4.78, 5) is 9.02. The topological polar surface area (TPSA) is 71.3 Å². The number of halogens is 2. The van der Waals surface area contributed by atoms with Crippen molar-refractivity contribution in [3.63, 3.8) is 0 Å². The summed E-state index contributed by atoms with van der Waals surface area (Å²) in [5, 5.41) is 5.18. The highest BCUT2D eigenvalue weighted by molar-refractivity contribution is 5.98. The van der Waals surface area contributed by atoms with Gasteiger partial charge in [-0.15, -0.1) is 0 Å². The van der Waals surface area contributed by atoms with E-state index in [4.69, 9.17) is 14.2 Å². The first-order valence-electron chi connectivity index (χ1n) is 11.8. The lowest BCUT2D eigenvalue weighted by Crippen LogP contribution is -2.16. The molecule has 1 atom stereocenters. The Kier molecular flexibility index (Phi) is 6.90. The van der Waals surface area contributed by atoms with Gasteiger partial charge < -0.3 is 14.2 Å². The van der Waals surface area contributed by atoms with E-state index < -0.39 is 13.0 Å². The van der Waals surface area contributed by atoms with Gasteiger partial charge >= 0.3 is 0 Å². The van der Waals surface area contributed by atoms with Crippen molar-refractivity contribution in [2.45, 2.75) is 32.4 Å². The minimum Gasteiger partial charge on any atom is -0.494 e. The van der Waals surface area contributed by atoms with Crippen molar-refractivity contribution in [2.75, 3.05) is 19.8 Å². The Morgan fingerprint density at radius 1 is 1.19 bits per heavy atom. The van der Waals surface area contributed by atoms with E-state index in [-0.39, 0.29) is 6.10 Å². The summed E-state index contributed by atoms with van der Waals surface area (Å²) in [5.74, 6) is 1.05. The third-order valence-electron chi connectivity index (χ3n) is 5.93. The largest absolute Gasteiger partial charge is 0.494 e. The molecule has 0 amide bonds. The summed E-state index contributed by atoms with van der Waals surface area (Å²) < 4.78 is 45.1. The van der Waals surface area contributed by atoms with Crippen molar-refractivity contribution in [3.8, 4) is 28.3 Å². The fourth-order valence-corrected chi connectivity index (χ4v) is 4.29. The fourth-order valence-electron chi connectivity index (χ4n) is 4.29. The average molecular weight is 493 g/mol. The van der Waals surface area contributed by atoms with E-state index in [0.717, 1.165) is 12.0 Å². The first kappa shape index (κ1) is 23.9. The van der Waals surface area contributed by atoms with Gasteiger partial charge in [-0.2, -0.15) is 5.10 Å². The molecule has 2 aromatic heterocycles. The number of benzene rings is 2. The van der Waals surface area contributed by atoms with Crippen molar-refractivity contribution in [1.82, 2.24) is 19.7 Å². The summed E-state index contributed by atoms with van der Waals surface area (Å²) in [6.45, 7) is 7.06. The number of nitrogens with zero attached hydrogens (tertiary/aromatic N) is 4. The lowest BCUT2D eigenvalue weighted by Gasteiger charge is -2.18. The van der Waals surface area contributed by atoms with E-state index in [9.17, 15) is 8.78 Å². The molecule has 1 aliphatic heterocycles. The van der Waals surface area contributed by atoms with E-state index >= 15 is 0 Å². The molecule has 3 heterocycles. The van der Waals surface area contributed by atoms with Gasteiger partial charge in [-0.05, 0) is 13.0 Å². The van der Waals surface area contributed by atoms with Crippen LogP contribution in [0.4, 0.5) is 8.78 Å². The number of alkyl halides is 2. The van der Waals surface area contributed by atoms with E-state index in [0.29, 0.717) is 64.7 Å². The summed E-state index contributed by atoms with van der Waals surface area (Å²) in [6, 6.07) is 13.1. The van der Waals surface area contributed by atoms with E-state index in [2.05, 4.69) is 21.6 Å². The van der Waals surface area contributed by atoms with Crippen LogP contribution < -0.4 is 4.74 Å². The first-order valence-corrected chi connectivity index (χ1v) is 11.8. The first-order chi connectivity index (χ1) is 17.5. The molecule has 186 valence electrons. The lowest BCUT2D eigenvalue weighted by atomic mass is 10.0. The van der Waals surface area contributed by atoms with E-state index in [1.165, 1.54) is 11.0 Å². The van der Waals surface area contributed by atoms with Crippen LogP contribution in [-0.4, -0.2) is 52.1 Å². The fraction of sp³-hybridized carbons (Fsp3) is 0.296. The molecule has 4 aromatic rings. The molecule has 2 aromatic carbocycles. The van der Waals surface area contributed by atoms with Crippen LogP contribution in [0.1, 0.15) is 18.9 Å². The highest BCUT2D eigenvalue weighted by Gasteiger charge is 2.23. The molecule has 7 nitrogen and oxygen atoms in total. The average Bonchev–Trinajstić information content (AvgIpc) is 3.53. The van der Waals surface area contributed by atoms with Gasteiger partial charge in [0, 0.05) is 35.2 Å². The van der Waals surface area contributed by atoms with Gasteiger partial charge in [0.25, 0.3) is 6.43 Å². The van der Waals surface area contributed by atoms with Crippen LogP contribution in [0.25, 0.3) is 39.2 Å². The van der Waals surface area contributed by atoms with Crippen molar-refractivity contribution in [1.29, 1.82) is 0 Å². The molecule has 0 N–H and O–H groups in total. The smallest absolute Gasteiger partial charge is 0.257 e. The highest BCUT2D eigenvalue weighted by Crippen LogP contribution is 2.38. The Labute approximate surface area is 207 Å². The zero-order chi connectivity index (χ0) is 25.1. The zero-order valence-corrected chi connectivity index (χ0v) is 19.9. The molecule has 5 rings (SSSR count). The monoisotopic (exact) mass is 492 g/mol. The van der Waals surface area contributed by atoms with Gasteiger partial charge in [0.2, 0.25) is 0 Å². The normalized spacial score (nSPS) is 15.5. The van der Waals surface area contributed by atoms with Gasteiger partial charge in [0.05, 0.1) is 36.6 Å². The third-order valence-corrected chi connectivity index (χ3v) is 5.93. The molecule has 9 heteroatoms. The number of fused-ring (bicyclic) bond motifs is 1. The van der Waals surface area contributed by atoms with Crippen molar-refractivity contribution < 1.29 is 23.0 Å². The molecule has 1 aliphatic rings. The molecule has 0 spiro atoms. The maximum atomic E-state index is 13.2. The lowest BCUT2D eigenvalue weighted by molar-refractivity contribution is 0.122. The van der Waals surface area contributed by atoms with Crippen molar-refractivity contribution in [3.05, 3.63) is 67.1 Å². The Hall–Kier alpha value is -3.85. The van der Waals surface area contributed by atoms with Gasteiger partial charge in [0.1, 0.15) is 36.2 Å². The Morgan fingerprint density at radius 3 is 2.75 bits per heavy atom. The molecule has 1 fully saturated rings. The molecule has 0 aliphatic carbocycles. The summed E-state index contributed by atoms with van der Waals surface area (Å²) in [5.41, 5.74) is 3.87. The molecule has 0 bridgehead atoms.